The summed E-state index contributed by atoms with van der Waals surface area (Å²) in [7, 11) is 0. The lowest BCUT2D eigenvalue weighted by Crippen LogP contribution is -2.21. The number of benzene rings is 1. The van der Waals surface area contributed by atoms with E-state index in [0.29, 0.717) is 10.7 Å². The summed E-state index contributed by atoms with van der Waals surface area (Å²) >= 11 is 10.7. The van der Waals surface area contributed by atoms with Crippen molar-refractivity contribution < 1.29 is 0 Å². The molecule has 0 radical (unpaired) electrons. The van der Waals surface area contributed by atoms with Crippen LogP contribution < -0.4 is 10.6 Å². The van der Waals surface area contributed by atoms with E-state index >= 15 is 0 Å². The Kier molecular flexibility index (Phi) is 5.89. The SMILES string of the molecule is CC/C(S)=C(/N)c1ccc(N(CC)CC)cc1Cl. The molecule has 100 valence electrons. The van der Waals surface area contributed by atoms with Crippen molar-refractivity contribution in [2.45, 2.75) is 27.2 Å². The van der Waals surface area contributed by atoms with E-state index in [4.69, 9.17) is 17.3 Å². The lowest BCUT2D eigenvalue weighted by atomic mass is 10.1. The van der Waals surface area contributed by atoms with Crippen molar-refractivity contribution in [2.24, 2.45) is 5.73 Å². The van der Waals surface area contributed by atoms with E-state index in [1.54, 1.807) is 0 Å². The second-order valence-electron chi connectivity index (χ2n) is 4.05. The Labute approximate surface area is 120 Å². The smallest absolute Gasteiger partial charge is 0.0519 e. The Bertz CT molecular complexity index is 439. The fraction of sp³-hybridized carbons (Fsp3) is 0.429. The average molecular weight is 285 g/mol. The number of anilines is 1. The van der Waals surface area contributed by atoms with E-state index in [9.17, 15) is 0 Å². The van der Waals surface area contributed by atoms with E-state index < -0.39 is 0 Å². The van der Waals surface area contributed by atoms with Crippen molar-refractivity contribution in [2.75, 3.05) is 18.0 Å². The van der Waals surface area contributed by atoms with E-state index in [1.807, 2.05) is 19.1 Å². The van der Waals surface area contributed by atoms with Crippen LogP contribution in [0.5, 0.6) is 0 Å². The van der Waals surface area contributed by atoms with Crippen molar-refractivity contribution >= 4 is 35.6 Å². The first kappa shape index (κ1) is 15.3. The van der Waals surface area contributed by atoms with Crippen molar-refractivity contribution in [3.63, 3.8) is 0 Å². The van der Waals surface area contributed by atoms with Crippen molar-refractivity contribution in [1.29, 1.82) is 0 Å². The first-order valence-corrected chi connectivity index (χ1v) is 7.10. The number of allylic oxidation sites excluding steroid dienone is 1. The quantitative estimate of drug-likeness (QED) is 0.795. The molecule has 18 heavy (non-hydrogen) atoms. The molecule has 4 heteroatoms. The molecule has 0 heterocycles. The largest absolute Gasteiger partial charge is 0.398 e. The lowest BCUT2D eigenvalue weighted by Gasteiger charge is -2.22. The van der Waals surface area contributed by atoms with E-state index in [1.165, 1.54) is 0 Å². The van der Waals surface area contributed by atoms with Gasteiger partial charge in [-0.15, -0.1) is 12.6 Å². The number of hydrogen-bond donors (Lipinski definition) is 2. The van der Waals surface area contributed by atoms with Crippen LogP contribution in [0, 0.1) is 0 Å². The average Bonchev–Trinajstić information content (AvgIpc) is 2.38. The summed E-state index contributed by atoms with van der Waals surface area (Å²) in [6, 6.07) is 5.99. The van der Waals surface area contributed by atoms with Gasteiger partial charge in [-0.2, -0.15) is 0 Å². The predicted octanol–water partition coefficient (Wildman–Crippen LogP) is 4.15. The van der Waals surface area contributed by atoms with Crippen LogP contribution in [0.25, 0.3) is 5.70 Å². The van der Waals surface area contributed by atoms with Crippen molar-refractivity contribution in [3.8, 4) is 0 Å². The highest BCUT2D eigenvalue weighted by Gasteiger charge is 2.09. The standard InChI is InChI=1S/C14H21ClN2S/c1-4-13(18)14(16)11-8-7-10(9-12(11)15)17(5-2)6-3/h7-9,18H,4-6,16H2,1-3H3/b14-13-. The molecule has 0 unspecified atom stereocenters. The third kappa shape index (κ3) is 3.36. The minimum atomic E-state index is 0.664. The van der Waals surface area contributed by atoms with Gasteiger partial charge in [-0.05, 0) is 38.5 Å². The van der Waals surface area contributed by atoms with Gasteiger partial charge in [0.05, 0.1) is 5.02 Å². The highest BCUT2D eigenvalue weighted by molar-refractivity contribution is 7.84. The molecule has 1 aromatic carbocycles. The summed E-state index contributed by atoms with van der Waals surface area (Å²) in [6.07, 6.45) is 0.809. The number of hydrogen-bond acceptors (Lipinski definition) is 3. The Morgan fingerprint density at radius 3 is 2.33 bits per heavy atom. The van der Waals surface area contributed by atoms with E-state index in [-0.39, 0.29) is 0 Å². The van der Waals surface area contributed by atoms with Gasteiger partial charge in [0, 0.05) is 34.9 Å². The summed E-state index contributed by atoms with van der Waals surface area (Å²) < 4.78 is 0. The Balaban J connectivity index is 3.14. The molecule has 0 aromatic heterocycles. The molecular weight excluding hydrogens is 264 g/mol. The fourth-order valence-corrected chi connectivity index (χ4v) is 2.25. The van der Waals surface area contributed by atoms with Crippen LogP contribution in [-0.4, -0.2) is 13.1 Å². The summed E-state index contributed by atoms with van der Waals surface area (Å²) in [6.45, 7) is 8.20. The summed E-state index contributed by atoms with van der Waals surface area (Å²) in [5.74, 6) is 0. The maximum Gasteiger partial charge on any atom is 0.0519 e. The monoisotopic (exact) mass is 284 g/mol. The van der Waals surface area contributed by atoms with Gasteiger partial charge in [-0.25, -0.2) is 0 Å². The van der Waals surface area contributed by atoms with Gasteiger partial charge < -0.3 is 10.6 Å². The molecule has 0 saturated heterocycles. The first-order chi connectivity index (χ1) is 8.54. The Morgan fingerprint density at radius 1 is 1.28 bits per heavy atom. The zero-order valence-corrected chi connectivity index (χ0v) is 12.9. The fourth-order valence-electron chi connectivity index (χ4n) is 1.85. The Hall–Kier alpha value is -0.800. The molecule has 0 spiro atoms. The first-order valence-electron chi connectivity index (χ1n) is 6.27. The van der Waals surface area contributed by atoms with Crippen LogP contribution in [0.1, 0.15) is 32.8 Å². The number of nitrogens with two attached hydrogens (primary N) is 1. The number of halogens is 1. The molecule has 0 saturated carbocycles. The Morgan fingerprint density at radius 2 is 1.89 bits per heavy atom. The third-order valence-electron chi connectivity index (χ3n) is 3.02. The maximum atomic E-state index is 6.31. The summed E-state index contributed by atoms with van der Waals surface area (Å²) in [4.78, 5) is 3.12. The van der Waals surface area contributed by atoms with Crippen LogP contribution in [0.2, 0.25) is 5.02 Å². The van der Waals surface area contributed by atoms with E-state index in [2.05, 4.69) is 37.4 Å². The second kappa shape index (κ2) is 6.95. The molecule has 2 N–H and O–H groups in total. The molecule has 0 aliphatic carbocycles. The molecule has 2 nitrogen and oxygen atoms in total. The van der Waals surface area contributed by atoms with Crippen LogP contribution in [0.4, 0.5) is 5.69 Å². The number of rotatable bonds is 5. The maximum absolute atomic E-state index is 6.31. The van der Waals surface area contributed by atoms with Crippen LogP contribution in [0.3, 0.4) is 0 Å². The van der Waals surface area contributed by atoms with Crippen molar-refractivity contribution in [1.82, 2.24) is 0 Å². The van der Waals surface area contributed by atoms with Gasteiger partial charge in [0.2, 0.25) is 0 Å². The molecule has 0 fully saturated rings. The molecule has 1 rings (SSSR count). The van der Waals surface area contributed by atoms with Crippen LogP contribution >= 0.6 is 24.2 Å². The predicted molar refractivity (Wildman–Crippen MR) is 85.4 cm³/mol. The van der Waals surface area contributed by atoms with Gasteiger partial charge in [0.15, 0.2) is 0 Å². The normalized spacial score (nSPS) is 12.3. The topological polar surface area (TPSA) is 29.3 Å². The van der Waals surface area contributed by atoms with Crippen molar-refractivity contribution in [3.05, 3.63) is 33.7 Å². The molecule has 1 aromatic rings. The van der Waals surface area contributed by atoms with Gasteiger partial charge >= 0.3 is 0 Å². The highest BCUT2D eigenvalue weighted by Crippen LogP contribution is 2.29. The molecule has 0 atom stereocenters. The molecule has 0 bridgehead atoms. The van der Waals surface area contributed by atoms with Gasteiger partial charge in [0.1, 0.15) is 0 Å². The number of nitrogens with zero attached hydrogens (tertiary/aromatic N) is 1. The van der Waals surface area contributed by atoms with Gasteiger partial charge in [-0.3, -0.25) is 0 Å². The minimum absolute atomic E-state index is 0.664. The second-order valence-corrected chi connectivity index (χ2v) is 5.00. The van der Waals surface area contributed by atoms with Crippen LogP contribution in [-0.2, 0) is 0 Å². The molecule has 0 amide bonds. The lowest BCUT2D eigenvalue weighted by molar-refractivity contribution is 0.866. The number of thiol groups is 1. The molecule has 0 aliphatic heterocycles. The third-order valence-corrected chi connectivity index (χ3v) is 3.89. The minimum Gasteiger partial charge on any atom is -0.398 e. The van der Waals surface area contributed by atoms with Gasteiger partial charge in [0.25, 0.3) is 0 Å². The van der Waals surface area contributed by atoms with Crippen LogP contribution in [0.15, 0.2) is 23.1 Å². The van der Waals surface area contributed by atoms with E-state index in [0.717, 1.165) is 35.7 Å². The summed E-state index contributed by atoms with van der Waals surface area (Å²) in [5.41, 5.74) is 8.69. The van der Waals surface area contributed by atoms with Gasteiger partial charge in [-0.1, -0.05) is 18.5 Å². The zero-order chi connectivity index (χ0) is 13.7. The zero-order valence-electron chi connectivity index (χ0n) is 11.2. The molecule has 0 aliphatic rings. The highest BCUT2D eigenvalue weighted by atomic mass is 35.5. The summed E-state index contributed by atoms with van der Waals surface area (Å²) in [5, 5.41) is 0.678. The molecular formula is C14H21ClN2S.